The third-order valence-corrected chi connectivity index (χ3v) is 2.78. The van der Waals surface area contributed by atoms with Crippen LogP contribution in [0.4, 0.5) is 0 Å². The standard InChI is InChI=1S/C11H21NO2/c1-3-6-12-11(2,8-10(13)14)7-9-4-5-9/h9,12H,3-8H2,1-2H3,(H,13,14). The Bertz CT molecular complexity index is 201. The molecule has 3 nitrogen and oxygen atoms in total. The Hall–Kier alpha value is -0.570. The molecule has 0 amide bonds. The Morgan fingerprint density at radius 3 is 2.64 bits per heavy atom. The van der Waals surface area contributed by atoms with Gasteiger partial charge in [0.15, 0.2) is 0 Å². The molecule has 0 aromatic heterocycles. The topological polar surface area (TPSA) is 49.3 Å². The summed E-state index contributed by atoms with van der Waals surface area (Å²) in [6.07, 6.45) is 4.87. The number of carboxylic acids is 1. The van der Waals surface area contributed by atoms with Gasteiger partial charge in [-0.2, -0.15) is 0 Å². The van der Waals surface area contributed by atoms with Gasteiger partial charge >= 0.3 is 5.97 Å². The van der Waals surface area contributed by atoms with E-state index in [9.17, 15) is 4.79 Å². The molecule has 0 heterocycles. The van der Waals surface area contributed by atoms with Crippen molar-refractivity contribution in [3.8, 4) is 0 Å². The Labute approximate surface area is 85.9 Å². The third kappa shape index (κ3) is 4.09. The van der Waals surface area contributed by atoms with Crippen molar-refractivity contribution in [1.29, 1.82) is 0 Å². The molecule has 0 radical (unpaired) electrons. The predicted octanol–water partition coefficient (Wildman–Crippen LogP) is 2.02. The molecule has 14 heavy (non-hydrogen) atoms. The molecule has 0 spiro atoms. The van der Waals surface area contributed by atoms with Gasteiger partial charge in [0.05, 0.1) is 6.42 Å². The fourth-order valence-electron chi connectivity index (χ4n) is 1.93. The second-order valence-corrected chi connectivity index (χ2v) is 4.71. The average Bonchev–Trinajstić information content (AvgIpc) is 2.83. The zero-order valence-electron chi connectivity index (χ0n) is 9.18. The van der Waals surface area contributed by atoms with Crippen LogP contribution in [0.5, 0.6) is 0 Å². The first-order chi connectivity index (χ1) is 6.56. The second-order valence-electron chi connectivity index (χ2n) is 4.71. The zero-order chi connectivity index (χ0) is 10.6. The fraction of sp³-hybridized carbons (Fsp3) is 0.909. The molecule has 1 aliphatic carbocycles. The monoisotopic (exact) mass is 199 g/mol. The second kappa shape index (κ2) is 4.78. The van der Waals surface area contributed by atoms with E-state index in [-0.39, 0.29) is 12.0 Å². The van der Waals surface area contributed by atoms with E-state index in [1.807, 2.05) is 6.92 Å². The van der Waals surface area contributed by atoms with Crippen molar-refractivity contribution in [2.75, 3.05) is 6.54 Å². The third-order valence-electron chi connectivity index (χ3n) is 2.78. The van der Waals surface area contributed by atoms with E-state index >= 15 is 0 Å². The van der Waals surface area contributed by atoms with E-state index in [2.05, 4.69) is 12.2 Å². The Morgan fingerprint density at radius 1 is 1.57 bits per heavy atom. The van der Waals surface area contributed by atoms with Crippen molar-refractivity contribution >= 4 is 5.97 Å². The summed E-state index contributed by atoms with van der Waals surface area (Å²) in [4.78, 5) is 10.7. The maximum atomic E-state index is 10.7. The zero-order valence-corrected chi connectivity index (χ0v) is 9.18. The van der Waals surface area contributed by atoms with Crippen LogP contribution in [-0.2, 0) is 4.79 Å². The number of carboxylic acid groups (broad SMARTS) is 1. The van der Waals surface area contributed by atoms with E-state index < -0.39 is 5.97 Å². The van der Waals surface area contributed by atoms with Gasteiger partial charge in [-0.25, -0.2) is 0 Å². The lowest BCUT2D eigenvalue weighted by Gasteiger charge is -2.29. The molecule has 0 aliphatic heterocycles. The highest BCUT2D eigenvalue weighted by Gasteiger charge is 2.34. The van der Waals surface area contributed by atoms with Gasteiger partial charge in [-0.1, -0.05) is 19.8 Å². The summed E-state index contributed by atoms with van der Waals surface area (Å²) in [5.41, 5.74) is -0.191. The first-order valence-electron chi connectivity index (χ1n) is 5.52. The largest absolute Gasteiger partial charge is 0.481 e. The molecule has 1 fully saturated rings. The lowest BCUT2D eigenvalue weighted by atomic mass is 9.91. The number of aliphatic carboxylic acids is 1. The van der Waals surface area contributed by atoms with Crippen molar-refractivity contribution in [3.05, 3.63) is 0 Å². The number of nitrogens with one attached hydrogen (secondary N) is 1. The summed E-state index contributed by atoms with van der Waals surface area (Å²) < 4.78 is 0. The Morgan fingerprint density at radius 2 is 2.21 bits per heavy atom. The molecule has 1 aliphatic rings. The van der Waals surface area contributed by atoms with Gasteiger partial charge < -0.3 is 10.4 Å². The predicted molar refractivity (Wildman–Crippen MR) is 56.3 cm³/mol. The van der Waals surface area contributed by atoms with Crippen LogP contribution in [0.15, 0.2) is 0 Å². The Kier molecular flexibility index (Phi) is 3.93. The van der Waals surface area contributed by atoms with Crippen molar-refractivity contribution in [2.24, 2.45) is 5.92 Å². The highest BCUT2D eigenvalue weighted by atomic mass is 16.4. The molecule has 1 rings (SSSR count). The van der Waals surface area contributed by atoms with Crippen molar-refractivity contribution < 1.29 is 9.90 Å². The number of rotatable bonds is 7. The summed E-state index contributed by atoms with van der Waals surface area (Å²) >= 11 is 0. The summed E-state index contributed by atoms with van der Waals surface area (Å²) in [5.74, 6) is 0.0699. The van der Waals surface area contributed by atoms with Crippen molar-refractivity contribution in [1.82, 2.24) is 5.32 Å². The molecule has 1 unspecified atom stereocenters. The van der Waals surface area contributed by atoms with Crippen LogP contribution in [0.1, 0.15) is 46.0 Å². The van der Waals surface area contributed by atoms with E-state index in [0.717, 1.165) is 25.3 Å². The lowest BCUT2D eigenvalue weighted by molar-refractivity contribution is -0.138. The molecule has 1 atom stereocenters. The van der Waals surface area contributed by atoms with E-state index in [4.69, 9.17) is 5.11 Å². The van der Waals surface area contributed by atoms with E-state index in [0.29, 0.717) is 0 Å². The highest BCUT2D eigenvalue weighted by molar-refractivity contribution is 5.68. The molecule has 0 aromatic rings. The molecule has 2 N–H and O–H groups in total. The molecule has 0 bridgehead atoms. The number of hydrogen-bond donors (Lipinski definition) is 2. The van der Waals surface area contributed by atoms with Gasteiger partial charge in [0.1, 0.15) is 0 Å². The quantitative estimate of drug-likeness (QED) is 0.659. The summed E-state index contributed by atoms with van der Waals surface area (Å²) in [7, 11) is 0. The van der Waals surface area contributed by atoms with E-state index in [1.165, 1.54) is 12.8 Å². The number of hydrogen-bond acceptors (Lipinski definition) is 2. The smallest absolute Gasteiger partial charge is 0.305 e. The summed E-state index contributed by atoms with van der Waals surface area (Å²) in [6.45, 7) is 5.05. The first-order valence-corrected chi connectivity index (χ1v) is 5.52. The molecule has 3 heteroatoms. The fourth-order valence-corrected chi connectivity index (χ4v) is 1.93. The number of carbonyl (C=O) groups is 1. The van der Waals surface area contributed by atoms with Crippen LogP contribution in [0.2, 0.25) is 0 Å². The van der Waals surface area contributed by atoms with Gasteiger partial charge in [0, 0.05) is 5.54 Å². The first kappa shape index (κ1) is 11.5. The van der Waals surface area contributed by atoms with Gasteiger partial charge in [-0.3, -0.25) is 4.79 Å². The van der Waals surface area contributed by atoms with Crippen LogP contribution in [0, 0.1) is 5.92 Å². The van der Waals surface area contributed by atoms with Crippen LogP contribution in [0.25, 0.3) is 0 Å². The van der Waals surface area contributed by atoms with Crippen molar-refractivity contribution in [3.63, 3.8) is 0 Å². The molecule has 0 saturated heterocycles. The van der Waals surface area contributed by atoms with Gasteiger partial charge in [-0.05, 0) is 32.2 Å². The SMILES string of the molecule is CCCNC(C)(CC(=O)O)CC1CC1. The summed E-state index contributed by atoms with van der Waals surface area (Å²) in [5, 5.41) is 12.2. The van der Waals surface area contributed by atoms with Crippen LogP contribution in [0.3, 0.4) is 0 Å². The van der Waals surface area contributed by atoms with Gasteiger partial charge in [0.2, 0.25) is 0 Å². The highest BCUT2D eigenvalue weighted by Crippen LogP contribution is 2.37. The minimum atomic E-state index is -0.697. The van der Waals surface area contributed by atoms with Crippen LogP contribution in [-0.4, -0.2) is 23.2 Å². The molecule has 0 aromatic carbocycles. The minimum absolute atomic E-state index is 0.191. The van der Waals surface area contributed by atoms with E-state index in [1.54, 1.807) is 0 Å². The molecule has 82 valence electrons. The maximum Gasteiger partial charge on any atom is 0.305 e. The van der Waals surface area contributed by atoms with Crippen LogP contribution < -0.4 is 5.32 Å². The molecule has 1 saturated carbocycles. The van der Waals surface area contributed by atoms with Gasteiger partial charge in [-0.15, -0.1) is 0 Å². The van der Waals surface area contributed by atoms with Crippen molar-refractivity contribution in [2.45, 2.75) is 51.5 Å². The lowest BCUT2D eigenvalue weighted by Crippen LogP contribution is -2.45. The van der Waals surface area contributed by atoms with Gasteiger partial charge in [0.25, 0.3) is 0 Å². The Balaban J connectivity index is 2.42. The normalized spacial score (nSPS) is 20.4. The maximum absolute atomic E-state index is 10.7. The molecular weight excluding hydrogens is 178 g/mol. The average molecular weight is 199 g/mol. The van der Waals surface area contributed by atoms with Crippen LogP contribution >= 0.6 is 0 Å². The summed E-state index contributed by atoms with van der Waals surface area (Å²) in [6, 6.07) is 0. The molecular formula is C11H21NO2. The minimum Gasteiger partial charge on any atom is -0.481 e.